The number of carbonyl (C=O) groups is 1. The number of hydrogen-bond acceptors (Lipinski definition) is 2. The lowest BCUT2D eigenvalue weighted by molar-refractivity contribution is -0.133. The fourth-order valence-electron chi connectivity index (χ4n) is 2.71. The highest BCUT2D eigenvalue weighted by Gasteiger charge is 2.26. The van der Waals surface area contributed by atoms with Gasteiger partial charge in [0.2, 0.25) is 5.91 Å². The Kier molecular flexibility index (Phi) is 5.44. The van der Waals surface area contributed by atoms with E-state index in [9.17, 15) is 4.79 Å². The first kappa shape index (κ1) is 14.5. The largest absolute Gasteiger partial charge is 0.342 e. The van der Waals surface area contributed by atoms with Gasteiger partial charge in [-0.2, -0.15) is 0 Å². The van der Waals surface area contributed by atoms with Crippen LogP contribution in [0.4, 0.5) is 0 Å². The first-order valence-electron chi connectivity index (χ1n) is 6.85. The minimum atomic E-state index is 0.318. The molecular weight excluding hydrogens is 212 g/mol. The molecule has 3 nitrogen and oxygen atoms in total. The van der Waals surface area contributed by atoms with E-state index in [1.54, 1.807) is 0 Å². The van der Waals surface area contributed by atoms with Crippen molar-refractivity contribution in [3.05, 3.63) is 0 Å². The van der Waals surface area contributed by atoms with Crippen molar-refractivity contribution in [1.29, 1.82) is 0 Å². The SMILES string of the molecule is CNCCC(=O)N1CCCC(CC(C)(C)C)C1. The minimum Gasteiger partial charge on any atom is -0.342 e. The van der Waals surface area contributed by atoms with E-state index in [1.165, 1.54) is 19.3 Å². The highest BCUT2D eigenvalue weighted by atomic mass is 16.2. The lowest BCUT2D eigenvalue weighted by atomic mass is 9.81. The van der Waals surface area contributed by atoms with E-state index in [0.29, 0.717) is 23.7 Å². The molecule has 1 rings (SSSR count). The molecule has 1 saturated heterocycles. The third-order valence-corrected chi connectivity index (χ3v) is 3.36. The minimum absolute atomic E-state index is 0.318. The van der Waals surface area contributed by atoms with E-state index in [0.717, 1.165) is 19.6 Å². The van der Waals surface area contributed by atoms with Gasteiger partial charge in [0.15, 0.2) is 0 Å². The summed E-state index contributed by atoms with van der Waals surface area (Å²) in [5.74, 6) is 1.01. The molecule has 0 spiro atoms. The second-order valence-electron chi connectivity index (χ2n) is 6.47. The molecule has 100 valence electrons. The Morgan fingerprint density at radius 2 is 2.12 bits per heavy atom. The Labute approximate surface area is 106 Å². The molecule has 0 aromatic rings. The lowest BCUT2D eigenvalue weighted by Crippen LogP contribution is -2.41. The van der Waals surface area contributed by atoms with Gasteiger partial charge >= 0.3 is 0 Å². The van der Waals surface area contributed by atoms with Crippen molar-refractivity contribution in [2.75, 3.05) is 26.7 Å². The summed E-state index contributed by atoms with van der Waals surface area (Å²) in [5.41, 5.74) is 0.377. The monoisotopic (exact) mass is 240 g/mol. The normalized spacial score (nSPS) is 21.6. The summed E-state index contributed by atoms with van der Waals surface area (Å²) in [4.78, 5) is 14.0. The Balaban J connectivity index is 2.40. The summed E-state index contributed by atoms with van der Waals surface area (Å²) in [6.45, 7) is 9.58. The molecule has 1 aliphatic heterocycles. The van der Waals surface area contributed by atoms with E-state index in [4.69, 9.17) is 0 Å². The number of nitrogens with one attached hydrogen (secondary N) is 1. The Bertz CT molecular complexity index is 245. The van der Waals surface area contributed by atoms with Gasteiger partial charge in [0, 0.05) is 26.1 Å². The maximum absolute atomic E-state index is 12.0. The molecule has 1 amide bonds. The van der Waals surface area contributed by atoms with Crippen molar-refractivity contribution in [2.45, 2.75) is 46.5 Å². The van der Waals surface area contributed by atoms with Crippen LogP contribution in [0.15, 0.2) is 0 Å². The van der Waals surface area contributed by atoms with Gasteiger partial charge in [0.1, 0.15) is 0 Å². The fourth-order valence-corrected chi connectivity index (χ4v) is 2.71. The second kappa shape index (κ2) is 6.39. The van der Waals surface area contributed by atoms with Crippen LogP contribution in [-0.4, -0.2) is 37.5 Å². The zero-order valence-corrected chi connectivity index (χ0v) is 11.9. The lowest BCUT2D eigenvalue weighted by Gasteiger charge is -2.36. The van der Waals surface area contributed by atoms with E-state index >= 15 is 0 Å². The van der Waals surface area contributed by atoms with Crippen LogP contribution in [0.5, 0.6) is 0 Å². The highest BCUT2D eigenvalue weighted by molar-refractivity contribution is 5.76. The van der Waals surface area contributed by atoms with Crippen molar-refractivity contribution in [2.24, 2.45) is 11.3 Å². The first-order valence-corrected chi connectivity index (χ1v) is 6.85. The first-order chi connectivity index (χ1) is 7.92. The summed E-state index contributed by atoms with van der Waals surface area (Å²) in [6, 6.07) is 0. The van der Waals surface area contributed by atoms with E-state index in [1.807, 2.05) is 7.05 Å². The Morgan fingerprint density at radius 3 is 2.71 bits per heavy atom. The van der Waals surface area contributed by atoms with Gasteiger partial charge < -0.3 is 10.2 Å². The topological polar surface area (TPSA) is 32.3 Å². The molecule has 1 fully saturated rings. The van der Waals surface area contributed by atoms with Crippen molar-refractivity contribution in [3.63, 3.8) is 0 Å². The maximum atomic E-state index is 12.0. The quantitative estimate of drug-likeness (QED) is 0.817. The molecule has 17 heavy (non-hydrogen) atoms. The number of rotatable bonds is 4. The van der Waals surface area contributed by atoms with Gasteiger partial charge in [0.25, 0.3) is 0 Å². The highest BCUT2D eigenvalue weighted by Crippen LogP contribution is 2.30. The summed E-state index contributed by atoms with van der Waals surface area (Å²) >= 11 is 0. The van der Waals surface area contributed by atoms with Gasteiger partial charge in [-0.05, 0) is 37.6 Å². The number of piperidine rings is 1. The third-order valence-electron chi connectivity index (χ3n) is 3.36. The van der Waals surface area contributed by atoms with Crippen LogP contribution in [0, 0.1) is 11.3 Å². The predicted molar refractivity (Wildman–Crippen MR) is 71.9 cm³/mol. The average Bonchev–Trinajstić information content (AvgIpc) is 2.24. The van der Waals surface area contributed by atoms with Crippen molar-refractivity contribution in [1.82, 2.24) is 10.2 Å². The molecular formula is C14H28N2O. The van der Waals surface area contributed by atoms with Crippen LogP contribution in [-0.2, 0) is 4.79 Å². The maximum Gasteiger partial charge on any atom is 0.223 e. The van der Waals surface area contributed by atoms with Gasteiger partial charge in [-0.15, -0.1) is 0 Å². The van der Waals surface area contributed by atoms with Gasteiger partial charge in [-0.25, -0.2) is 0 Å². The number of carbonyl (C=O) groups excluding carboxylic acids is 1. The number of nitrogens with zero attached hydrogens (tertiary/aromatic N) is 1. The molecule has 1 atom stereocenters. The zero-order chi connectivity index (χ0) is 12.9. The van der Waals surface area contributed by atoms with Gasteiger partial charge in [-0.3, -0.25) is 4.79 Å². The van der Waals surface area contributed by atoms with Crippen LogP contribution < -0.4 is 5.32 Å². The zero-order valence-electron chi connectivity index (χ0n) is 11.9. The Hall–Kier alpha value is -0.570. The third kappa shape index (κ3) is 5.53. The van der Waals surface area contributed by atoms with Crippen LogP contribution >= 0.6 is 0 Å². The molecule has 1 heterocycles. The predicted octanol–water partition coefficient (Wildman–Crippen LogP) is 2.27. The molecule has 1 aliphatic rings. The van der Waals surface area contributed by atoms with Crippen LogP contribution in [0.2, 0.25) is 0 Å². The Morgan fingerprint density at radius 1 is 1.41 bits per heavy atom. The molecule has 1 unspecified atom stereocenters. The summed E-state index contributed by atoms with van der Waals surface area (Å²) in [7, 11) is 1.89. The molecule has 0 radical (unpaired) electrons. The van der Waals surface area contributed by atoms with Crippen LogP contribution in [0.25, 0.3) is 0 Å². The van der Waals surface area contributed by atoms with E-state index in [2.05, 4.69) is 31.0 Å². The molecule has 1 N–H and O–H groups in total. The molecule has 0 aromatic heterocycles. The van der Waals surface area contributed by atoms with Crippen molar-refractivity contribution >= 4 is 5.91 Å². The average molecular weight is 240 g/mol. The molecule has 0 saturated carbocycles. The molecule has 0 aliphatic carbocycles. The standard InChI is InChI=1S/C14H28N2O/c1-14(2,3)10-12-6-5-9-16(11-12)13(17)7-8-15-4/h12,15H,5-11H2,1-4H3. The number of likely N-dealkylation sites (tertiary alicyclic amines) is 1. The van der Waals surface area contributed by atoms with E-state index in [-0.39, 0.29) is 0 Å². The second-order valence-corrected chi connectivity index (χ2v) is 6.47. The summed E-state index contributed by atoms with van der Waals surface area (Å²) in [6.07, 6.45) is 4.32. The smallest absolute Gasteiger partial charge is 0.223 e. The van der Waals surface area contributed by atoms with Gasteiger partial charge in [-0.1, -0.05) is 20.8 Å². The molecule has 3 heteroatoms. The van der Waals surface area contributed by atoms with Crippen molar-refractivity contribution in [3.8, 4) is 0 Å². The molecule has 0 aromatic carbocycles. The number of amides is 1. The van der Waals surface area contributed by atoms with E-state index < -0.39 is 0 Å². The summed E-state index contributed by atoms with van der Waals surface area (Å²) < 4.78 is 0. The summed E-state index contributed by atoms with van der Waals surface area (Å²) in [5, 5.41) is 3.04. The van der Waals surface area contributed by atoms with Gasteiger partial charge in [0.05, 0.1) is 0 Å². The van der Waals surface area contributed by atoms with Crippen molar-refractivity contribution < 1.29 is 4.79 Å². The fraction of sp³-hybridized carbons (Fsp3) is 0.929. The van der Waals surface area contributed by atoms with Crippen LogP contribution in [0.1, 0.15) is 46.5 Å². The molecule has 0 bridgehead atoms. The van der Waals surface area contributed by atoms with Crippen LogP contribution in [0.3, 0.4) is 0 Å². The number of hydrogen-bond donors (Lipinski definition) is 1.